The van der Waals surface area contributed by atoms with E-state index in [2.05, 4.69) is 9.88 Å². The summed E-state index contributed by atoms with van der Waals surface area (Å²) >= 11 is 12.4. The molecule has 2 aromatic heterocycles. The first-order chi connectivity index (χ1) is 15.8. The molecule has 0 amide bonds. The van der Waals surface area contributed by atoms with Crippen LogP contribution in [0.1, 0.15) is 31.4 Å². The third-order valence-corrected chi connectivity index (χ3v) is 6.53. The number of ether oxygens (including phenoxy) is 1. The highest BCUT2D eigenvalue weighted by Gasteiger charge is 2.21. The number of likely N-dealkylation sites (tertiary alicyclic amines) is 1. The monoisotopic (exact) mass is 490 g/mol. The lowest BCUT2D eigenvalue weighted by molar-refractivity contribution is 0.221. The highest BCUT2D eigenvalue weighted by molar-refractivity contribution is 6.36. The van der Waals surface area contributed by atoms with Gasteiger partial charge in [0.05, 0.1) is 5.02 Å². The fraction of sp³-hybridized carbons (Fsp3) is 0.333. The molecule has 1 fully saturated rings. The van der Waals surface area contributed by atoms with E-state index < -0.39 is 11.9 Å². The van der Waals surface area contributed by atoms with Crippen LogP contribution in [0.5, 0.6) is 5.75 Å². The van der Waals surface area contributed by atoms with Gasteiger partial charge in [0, 0.05) is 47.2 Å². The van der Waals surface area contributed by atoms with Crippen LogP contribution in [0.25, 0.3) is 11.1 Å². The van der Waals surface area contributed by atoms with Gasteiger partial charge < -0.3 is 19.9 Å². The van der Waals surface area contributed by atoms with Crippen LogP contribution in [0, 0.1) is 5.82 Å². The third kappa shape index (κ3) is 5.32. The number of halogens is 3. The zero-order valence-electron chi connectivity index (χ0n) is 18.2. The van der Waals surface area contributed by atoms with Crippen molar-refractivity contribution >= 4 is 29.0 Å². The SMILES string of the molecule is CC(Oc1cc(-c2ccc(N)nc2)cn(CCN2CCCC2)c1=O)c1c(Cl)ccc(F)c1Cl. The number of benzene rings is 1. The number of nitrogen functional groups attached to an aromatic ring is 1. The van der Waals surface area contributed by atoms with E-state index in [1.807, 2.05) is 6.07 Å². The zero-order chi connectivity index (χ0) is 23.5. The van der Waals surface area contributed by atoms with Crippen LogP contribution < -0.4 is 16.0 Å². The highest BCUT2D eigenvalue weighted by atomic mass is 35.5. The first-order valence-corrected chi connectivity index (χ1v) is 11.6. The van der Waals surface area contributed by atoms with Crippen molar-refractivity contribution in [3.63, 3.8) is 0 Å². The standard InChI is InChI=1S/C24H25Cl2FN4O2/c1-15(22-18(25)5-6-19(27)23(22)26)33-20-12-17(16-4-7-21(28)29-13-16)14-31(24(20)32)11-10-30-8-2-3-9-30/h4-7,12-15H,2-3,8-11H2,1H3,(H2,28,29). The highest BCUT2D eigenvalue weighted by Crippen LogP contribution is 2.35. The first kappa shape index (κ1) is 23.5. The molecular formula is C24H25Cl2FN4O2. The normalized spacial score (nSPS) is 15.0. The predicted molar refractivity (Wildman–Crippen MR) is 129 cm³/mol. The summed E-state index contributed by atoms with van der Waals surface area (Å²) in [5, 5.41) is 0.144. The molecule has 1 saturated heterocycles. The molecule has 1 atom stereocenters. The van der Waals surface area contributed by atoms with Crippen molar-refractivity contribution < 1.29 is 9.13 Å². The molecule has 174 valence electrons. The van der Waals surface area contributed by atoms with Crippen molar-refractivity contribution in [2.24, 2.45) is 0 Å². The van der Waals surface area contributed by atoms with E-state index in [0.717, 1.165) is 30.8 Å². The summed E-state index contributed by atoms with van der Waals surface area (Å²) in [5.74, 6) is -0.0764. The van der Waals surface area contributed by atoms with Crippen LogP contribution in [0.3, 0.4) is 0 Å². The number of nitrogens with zero attached hydrogens (tertiary/aromatic N) is 3. The molecule has 1 aromatic carbocycles. The van der Waals surface area contributed by atoms with Crippen molar-refractivity contribution in [2.75, 3.05) is 25.4 Å². The lowest BCUT2D eigenvalue weighted by Gasteiger charge is -2.20. The number of aromatic nitrogens is 2. The Bertz CT molecular complexity index is 1190. The van der Waals surface area contributed by atoms with E-state index >= 15 is 0 Å². The lowest BCUT2D eigenvalue weighted by atomic mass is 10.1. The van der Waals surface area contributed by atoms with Gasteiger partial charge in [-0.3, -0.25) is 4.79 Å². The van der Waals surface area contributed by atoms with Crippen LogP contribution in [0.2, 0.25) is 10.0 Å². The van der Waals surface area contributed by atoms with Gasteiger partial charge in [-0.15, -0.1) is 0 Å². The average Bonchev–Trinajstić information content (AvgIpc) is 3.31. The molecule has 3 aromatic rings. The number of rotatable bonds is 7. The molecule has 0 aliphatic carbocycles. The number of pyridine rings is 2. The summed E-state index contributed by atoms with van der Waals surface area (Å²) in [7, 11) is 0. The summed E-state index contributed by atoms with van der Waals surface area (Å²) < 4.78 is 21.7. The number of anilines is 1. The van der Waals surface area contributed by atoms with Crippen LogP contribution in [0.15, 0.2) is 47.5 Å². The molecule has 0 spiro atoms. The summed E-state index contributed by atoms with van der Waals surface area (Å²) in [6, 6.07) is 7.80. The molecule has 9 heteroatoms. The van der Waals surface area contributed by atoms with Gasteiger partial charge in [-0.25, -0.2) is 9.37 Å². The third-order valence-electron chi connectivity index (χ3n) is 5.82. The molecule has 0 radical (unpaired) electrons. The Morgan fingerprint density at radius 3 is 2.61 bits per heavy atom. The van der Waals surface area contributed by atoms with Crippen molar-refractivity contribution in [3.8, 4) is 16.9 Å². The van der Waals surface area contributed by atoms with Crippen molar-refractivity contribution in [1.82, 2.24) is 14.5 Å². The van der Waals surface area contributed by atoms with Crippen LogP contribution in [0.4, 0.5) is 10.2 Å². The number of hydrogen-bond acceptors (Lipinski definition) is 5. The maximum atomic E-state index is 14.0. The minimum atomic E-state index is -0.750. The molecular weight excluding hydrogens is 466 g/mol. The quantitative estimate of drug-likeness (QED) is 0.462. The van der Waals surface area contributed by atoms with Crippen molar-refractivity contribution in [3.05, 3.63) is 74.5 Å². The molecule has 6 nitrogen and oxygen atoms in total. The Labute approximate surface area is 201 Å². The Balaban J connectivity index is 1.70. The zero-order valence-corrected chi connectivity index (χ0v) is 19.7. The Morgan fingerprint density at radius 2 is 1.91 bits per heavy atom. The second-order valence-electron chi connectivity index (χ2n) is 8.13. The van der Waals surface area contributed by atoms with E-state index in [0.29, 0.717) is 17.9 Å². The fourth-order valence-electron chi connectivity index (χ4n) is 4.01. The van der Waals surface area contributed by atoms with Crippen LogP contribution in [-0.2, 0) is 6.54 Å². The number of hydrogen-bond donors (Lipinski definition) is 1. The molecule has 1 aliphatic heterocycles. The molecule has 2 N–H and O–H groups in total. The van der Waals surface area contributed by atoms with E-state index in [1.54, 1.807) is 36.0 Å². The Hall–Kier alpha value is -2.61. The van der Waals surface area contributed by atoms with E-state index in [1.165, 1.54) is 25.0 Å². The summed E-state index contributed by atoms with van der Waals surface area (Å²) in [6.07, 6.45) is 5.04. The Morgan fingerprint density at radius 1 is 1.15 bits per heavy atom. The van der Waals surface area contributed by atoms with E-state index in [9.17, 15) is 9.18 Å². The molecule has 33 heavy (non-hydrogen) atoms. The maximum absolute atomic E-state index is 14.0. The Kier molecular flexibility index (Phi) is 7.22. The predicted octanol–water partition coefficient (Wildman–Crippen LogP) is 5.17. The van der Waals surface area contributed by atoms with Crippen LogP contribution in [-0.4, -0.2) is 34.1 Å². The van der Waals surface area contributed by atoms with Crippen molar-refractivity contribution in [1.29, 1.82) is 0 Å². The summed E-state index contributed by atoms with van der Waals surface area (Å²) in [4.78, 5) is 19.7. The fourth-order valence-corrected chi connectivity index (χ4v) is 4.69. The minimum absolute atomic E-state index is 0.120. The van der Waals surface area contributed by atoms with Gasteiger partial charge in [0.1, 0.15) is 17.7 Å². The van der Waals surface area contributed by atoms with Gasteiger partial charge in [0.2, 0.25) is 0 Å². The largest absolute Gasteiger partial charge is 0.480 e. The molecule has 1 aliphatic rings. The molecule has 0 bridgehead atoms. The second kappa shape index (κ2) is 10.1. The topological polar surface area (TPSA) is 73.4 Å². The minimum Gasteiger partial charge on any atom is -0.480 e. The summed E-state index contributed by atoms with van der Waals surface area (Å²) in [5.41, 5.74) is 7.28. The molecule has 0 saturated carbocycles. The lowest BCUT2D eigenvalue weighted by Crippen LogP contribution is -2.30. The van der Waals surface area contributed by atoms with E-state index in [-0.39, 0.29) is 21.4 Å². The van der Waals surface area contributed by atoms with Crippen molar-refractivity contribution in [2.45, 2.75) is 32.4 Å². The van der Waals surface area contributed by atoms with Gasteiger partial charge in [0.25, 0.3) is 5.56 Å². The number of nitrogens with two attached hydrogens (primary N) is 1. The van der Waals surface area contributed by atoms with Gasteiger partial charge in [-0.2, -0.15) is 0 Å². The van der Waals surface area contributed by atoms with Gasteiger partial charge in [0.15, 0.2) is 5.75 Å². The molecule has 4 rings (SSSR count). The average molecular weight is 491 g/mol. The smallest absolute Gasteiger partial charge is 0.292 e. The van der Waals surface area contributed by atoms with Crippen LogP contribution >= 0.6 is 23.2 Å². The van der Waals surface area contributed by atoms with Gasteiger partial charge in [-0.05, 0) is 63.2 Å². The van der Waals surface area contributed by atoms with Gasteiger partial charge >= 0.3 is 0 Å². The summed E-state index contributed by atoms with van der Waals surface area (Å²) in [6.45, 7) is 5.03. The molecule has 3 heterocycles. The van der Waals surface area contributed by atoms with E-state index in [4.69, 9.17) is 33.7 Å². The first-order valence-electron chi connectivity index (χ1n) is 10.8. The van der Waals surface area contributed by atoms with Gasteiger partial charge in [-0.1, -0.05) is 23.2 Å². The second-order valence-corrected chi connectivity index (χ2v) is 8.91. The molecule has 1 unspecified atom stereocenters. The maximum Gasteiger partial charge on any atom is 0.292 e.